The predicted molar refractivity (Wildman–Crippen MR) is 146 cm³/mol. The van der Waals surface area contributed by atoms with Gasteiger partial charge in [-0.3, -0.25) is 9.59 Å². The van der Waals surface area contributed by atoms with Crippen molar-refractivity contribution in [3.05, 3.63) is 75.7 Å². The Morgan fingerprint density at radius 2 is 1.76 bits per heavy atom. The minimum atomic E-state index is -0.729. The maximum absolute atomic E-state index is 13.0. The van der Waals surface area contributed by atoms with Gasteiger partial charge >= 0.3 is 5.97 Å². The summed E-state index contributed by atoms with van der Waals surface area (Å²) >= 11 is 1.46. The van der Waals surface area contributed by atoms with Crippen LogP contribution in [0.4, 0.5) is 10.7 Å². The molecule has 2 amide bonds. The average Bonchev–Trinajstić information content (AvgIpc) is 3.22. The van der Waals surface area contributed by atoms with Crippen molar-refractivity contribution >= 4 is 39.8 Å². The lowest BCUT2D eigenvalue weighted by Crippen LogP contribution is -2.30. The largest absolute Gasteiger partial charge is 0.481 e. The van der Waals surface area contributed by atoms with Gasteiger partial charge in [-0.05, 0) is 87.9 Å². The van der Waals surface area contributed by atoms with E-state index >= 15 is 0 Å². The van der Waals surface area contributed by atoms with Crippen molar-refractivity contribution < 1.29 is 23.9 Å². The van der Waals surface area contributed by atoms with Crippen molar-refractivity contribution in [2.45, 2.75) is 53.1 Å². The van der Waals surface area contributed by atoms with Gasteiger partial charge in [0.05, 0.1) is 12.2 Å². The molecule has 4 rings (SSSR count). The molecule has 3 aromatic rings. The normalized spacial score (nSPS) is 15.3. The average molecular weight is 521 g/mol. The Labute approximate surface area is 221 Å². The van der Waals surface area contributed by atoms with Crippen LogP contribution in [0.3, 0.4) is 0 Å². The first-order valence-electron chi connectivity index (χ1n) is 12.5. The number of fused-ring (bicyclic) bond motifs is 1. The third-order valence-corrected chi connectivity index (χ3v) is 7.51. The van der Waals surface area contributed by atoms with Crippen LogP contribution in [0.25, 0.3) is 0 Å². The molecule has 2 aromatic carbocycles. The van der Waals surface area contributed by atoms with E-state index in [0.29, 0.717) is 33.5 Å². The van der Waals surface area contributed by atoms with Crippen LogP contribution < -0.4 is 15.4 Å². The molecule has 37 heavy (non-hydrogen) atoms. The van der Waals surface area contributed by atoms with E-state index in [9.17, 15) is 14.4 Å². The second-order valence-corrected chi connectivity index (χ2v) is 10.5. The van der Waals surface area contributed by atoms with E-state index in [2.05, 4.69) is 17.6 Å². The van der Waals surface area contributed by atoms with Gasteiger partial charge in [0, 0.05) is 16.1 Å². The van der Waals surface area contributed by atoms with E-state index in [1.165, 1.54) is 11.3 Å². The lowest BCUT2D eigenvalue weighted by Gasteiger charge is -2.18. The molecule has 2 N–H and O–H groups in total. The maximum atomic E-state index is 13.0. The Morgan fingerprint density at radius 1 is 1.05 bits per heavy atom. The molecule has 7 nitrogen and oxygen atoms in total. The predicted octanol–water partition coefficient (Wildman–Crippen LogP) is 6.02. The third kappa shape index (κ3) is 6.38. The molecule has 1 aliphatic rings. The lowest BCUT2D eigenvalue weighted by molar-refractivity contribution is -0.122. The van der Waals surface area contributed by atoms with Gasteiger partial charge in [-0.25, -0.2) is 4.79 Å². The van der Waals surface area contributed by atoms with E-state index < -0.39 is 12.1 Å². The standard InChI is InChI=1S/C29H32N2O5S/c1-5-35-29(34)25-23-15-8-18(3)16-24(23)37-28(25)31-27(33)20-9-13-22(14-10-20)36-19(4)26(32)30-21-11-6-17(2)7-12-21/h6-7,9-14,18-19H,5,8,15-16H2,1-4H3,(H,30,32)(H,31,33)/t18-,19-/m1/s1. The minimum Gasteiger partial charge on any atom is -0.481 e. The van der Waals surface area contributed by atoms with Gasteiger partial charge in [0.15, 0.2) is 6.10 Å². The van der Waals surface area contributed by atoms with Crippen LogP contribution in [0.2, 0.25) is 0 Å². The van der Waals surface area contributed by atoms with E-state index in [4.69, 9.17) is 9.47 Å². The summed E-state index contributed by atoms with van der Waals surface area (Å²) in [5, 5.41) is 6.28. The van der Waals surface area contributed by atoms with Crippen LogP contribution in [0.1, 0.15) is 63.9 Å². The van der Waals surface area contributed by atoms with Crippen LogP contribution in [-0.2, 0) is 22.4 Å². The van der Waals surface area contributed by atoms with E-state index in [-0.39, 0.29) is 18.4 Å². The monoisotopic (exact) mass is 520 g/mol. The second kappa shape index (κ2) is 11.6. The summed E-state index contributed by atoms with van der Waals surface area (Å²) < 4.78 is 11.1. The molecule has 0 radical (unpaired) electrons. The zero-order chi connectivity index (χ0) is 26.5. The Bertz CT molecular complexity index is 1280. The molecule has 0 unspecified atom stereocenters. The van der Waals surface area contributed by atoms with Crippen LogP contribution in [0.5, 0.6) is 5.75 Å². The molecule has 0 saturated carbocycles. The number of hydrogen-bond donors (Lipinski definition) is 2. The van der Waals surface area contributed by atoms with Crippen LogP contribution in [0.15, 0.2) is 48.5 Å². The van der Waals surface area contributed by atoms with Gasteiger partial charge in [0.25, 0.3) is 11.8 Å². The molecule has 1 aliphatic carbocycles. The molecule has 8 heteroatoms. The van der Waals surface area contributed by atoms with Gasteiger partial charge in [-0.15, -0.1) is 11.3 Å². The van der Waals surface area contributed by atoms with Gasteiger partial charge < -0.3 is 20.1 Å². The molecule has 0 fully saturated rings. The molecule has 1 aromatic heterocycles. The summed E-state index contributed by atoms with van der Waals surface area (Å²) in [5.41, 5.74) is 3.70. The topological polar surface area (TPSA) is 93.7 Å². The molecular formula is C29H32N2O5S. The highest BCUT2D eigenvalue weighted by Gasteiger charge is 2.29. The zero-order valence-electron chi connectivity index (χ0n) is 21.6. The van der Waals surface area contributed by atoms with Crippen LogP contribution in [0, 0.1) is 12.8 Å². The molecular weight excluding hydrogens is 488 g/mol. The van der Waals surface area contributed by atoms with Crippen molar-refractivity contribution in [1.82, 2.24) is 0 Å². The molecule has 1 heterocycles. The van der Waals surface area contributed by atoms with E-state index in [1.54, 1.807) is 38.1 Å². The minimum absolute atomic E-state index is 0.270. The Morgan fingerprint density at radius 3 is 2.43 bits per heavy atom. The van der Waals surface area contributed by atoms with Crippen molar-refractivity contribution in [2.24, 2.45) is 5.92 Å². The second-order valence-electron chi connectivity index (χ2n) is 9.37. The number of thiophene rings is 1. The number of ether oxygens (including phenoxy) is 2. The van der Waals surface area contributed by atoms with Crippen LogP contribution in [-0.4, -0.2) is 30.5 Å². The molecule has 0 saturated heterocycles. The quantitative estimate of drug-likeness (QED) is 0.355. The molecule has 194 valence electrons. The summed E-state index contributed by atoms with van der Waals surface area (Å²) in [6.07, 6.45) is 1.97. The summed E-state index contributed by atoms with van der Waals surface area (Å²) in [5.74, 6) is 0.0168. The van der Waals surface area contributed by atoms with Gasteiger partial charge in [-0.1, -0.05) is 24.6 Å². The van der Waals surface area contributed by atoms with E-state index in [1.807, 2.05) is 31.2 Å². The maximum Gasteiger partial charge on any atom is 0.341 e. The highest BCUT2D eigenvalue weighted by atomic mass is 32.1. The smallest absolute Gasteiger partial charge is 0.341 e. The first-order chi connectivity index (χ1) is 17.7. The Balaban J connectivity index is 1.42. The third-order valence-electron chi connectivity index (χ3n) is 6.34. The SMILES string of the molecule is CCOC(=O)c1c(NC(=O)c2ccc(O[C@H](C)C(=O)Nc3ccc(C)cc3)cc2)sc2c1CC[C@@H](C)C2. The number of carbonyl (C=O) groups excluding carboxylic acids is 3. The Kier molecular flexibility index (Phi) is 8.28. The number of nitrogens with one attached hydrogen (secondary N) is 2. The fraction of sp³-hybridized carbons (Fsp3) is 0.345. The number of carbonyl (C=O) groups is 3. The Hall–Kier alpha value is -3.65. The van der Waals surface area contributed by atoms with Crippen LogP contribution >= 0.6 is 11.3 Å². The molecule has 0 spiro atoms. The number of benzene rings is 2. The summed E-state index contributed by atoms with van der Waals surface area (Å²) in [6.45, 7) is 7.89. The number of rotatable bonds is 8. The molecule has 0 aliphatic heterocycles. The first kappa shape index (κ1) is 26.4. The number of amides is 2. The summed E-state index contributed by atoms with van der Waals surface area (Å²) in [4.78, 5) is 39.4. The van der Waals surface area contributed by atoms with Crippen molar-refractivity contribution in [2.75, 3.05) is 17.2 Å². The van der Waals surface area contributed by atoms with Gasteiger partial charge in [0.1, 0.15) is 10.8 Å². The number of hydrogen-bond acceptors (Lipinski definition) is 6. The highest BCUT2D eigenvalue weighted by Crippen LogP contribution is 2.40. The first-order valence-corrected chi connectivity index (χ1v) is 13.3. The zero-order valence-corrected chi connectivity index (χ0v) is 22.4. The van der Waals surface area contributed by atoms with Crippen molar-refractivity contribution in [3.8, 4) is 5.75 Å². The summed E-state index contributed by atoms with van der Waals surface area (Å²) in [6, 6.07) is 14.1. The fourth-order valence-electron chi connectivity index (χ4n) is 4.26. The van der Waals surface area contributed by atoms with E-state index in [0.717, 1.165) is 35.3 Å². The molecule has 0 bridgehead atoms. The highest BCUT2D eigenvalue weighted by molar-refractivity contribution is 7.17. The number of aryl methyl sites for hydroxylation is 1. The van der Waals surface area contributed by atoms with Crippen molar-refractivity contribution in [1.29, 1.82) is 0 Å². The summed E-state index contributed by atoms with van der Waals surface area (Å²) in [7, 11) is 0. The van der Waals surface area contributed by atoms with Crippen molar-refractivity contribution in [3.63, 3.8) is 0 Å². The fourth-order valence-corrected chi connectivity index (χ4v) is 5.65. The number of anilines is 2. The molecule has 2 atom stereocenters. The van der Waals surface area contributed by atoms with Gasteiger partial charge in [0.2, 0.25) is 0 Å². The number of esters is 1. The van der Waals surface area contributed by atoms with Gasteiger partial charge in [-0.2, -0.15) is 0 Å². The lowest BCUT2D eigenvalue weighted by atomic mass is 9.88.